The minimum Gasteiger partial charge on any atom is -0.508 e. The van der Waals surface area contributed by atoms with Crippen molar-refractivity contribution in [1.82, 2.24) is 0 Å². The molecule has 3 aliphatic rings. The van der Waals surface area contributed by atoms with Crippen LogP contribution in [-0.2, 0) is 23.8 Å². The Bertz CT molecular complexity index is 913. The number of aromatic hydroxyl groups is 1. The van der Waals surface area contributed by atoms with Crippen LogP contribution in [0.2, 0.25) is 0 Å². The third-order valence-electron chi connectivity index (χ3n) is 5.28. The van der Waals surface area contributed by atoms with Gasteiger partial charge in [-0.05, 0) is 29.8 Å². The summed E-state index contributed by atoms with van der Waals surface area (Å²) in [5.74, 6) is -2.71. The normalized spacial score (nSPS) is 31.5. The second kappa shape index (κ2) is 6.50. The van der Waals surface area contributed by atoms with Crippen molar-refractivity contribution in [3.05, 3.63) is 65.5 Å². The lowest BCUT2D eigenvalue weighted by Gasteiger charge is -2.37. The molecule has 0 fully saturated rings. The van der Waals surface area contributed by atoms with Crippen molar-refractivity contribution in [2.45, 2.75) is 18.0 Å². The molecule has 1 unspecified atom stereocenters. The number of methoxy groups -OCH3 is 1. The zero-order chi connectivity index (χ0) is 20.1. The smallest absolute Gasteiger partial charge is 0.338 e. The van der Waals surface area contributed by atoms with Crippen LogP contribution in [0.1, 0.15) is 11.7 Å². The number of hydrogen-bond acceptors (Lipinski definition) is 8. The summed E-state index contributed by atoms with van der Waals surface area (Å²) in [6.45, 7) is 0. The van der Waals surface area contributed by atoms with E-state index in [0.29, 0.717) is 5.56 Å². The highest BCUT2D eigenvalue weighted by molar-refractivity contribution is 5.94. The zero-order valence-electron chi connectivity index (χ0n) is 14.8. The third kappa shape index (κ3) is 2.69. The lowest BCUT2D eigenvalue weighted by atomic mass is 9.78. The fourth-order valence-electron chi connectivity index (χ4n) is 3.90. The van der Waals surface area contributed by atoms with Crippen molar-refractivity contribution in [2.75, 3.05) is 7.11 Å². The number of hydrogen-bond donors (Lipinski definition) is 3. The molecule has 8 heteroatoms. The number of fused-ring (bicyclic) bond motifs is 2. The second-order valence-corrected chi connectivity index (χ2v) is 6.84. The quantitative estimate of drug-likeness (QED) is 0.516. The number of carbonyl (C=O) groups is 2. The number of rotatable bonds is 3. The van der Waals surface area contributed by atoms with Gasteiger partial charge in [-0.2, -0.15) is 0 Å². The first-order valence-corrected chi connectivity index (χ1v) is 8.60. The molecular weight excluding hydrogens is 368 g/mol. The molecular formula is C20H18O8. The predicted molar refractivity (Wildman–Crippen MR) is 93.3 cm³/mol. The molecule has 0 aromatic heterocycles. The molecule has 1 aromatic carbocycles. The van der Waals surface area contributed by atoms with E-state index in [1.54, 1.807) is 12.2 Å². The van der Waals surface area contributed by atoms with Crippen LogP contribution in [0, 0.1) is 11.8 Å². The largest absolute Gasteiger partial charge is 0.508 e. The molecule has 3 N–H and O–H groups in total. The van der Waals surface area contributed by atoms with Gasteiger partial charge < -0.3 is 29.5 Å². The minimum atomic E-state index is -1.36. The van der Waals surface area contributed by atoms with E-state index >= 15 is 0 Å². The van der Waals surface area contributed by atoms with Crippen LogP contribution >= 0.6 is 0 Å². The molecule has 1 spiro atoms. The summed E-state index contributed by atoms with van der Waals surface area (Å²) < 4.78 is 15.5. The van der Waals surface area contributed by atoms with E-state index in [-0.39, 0.29) is 16.9 Å². The Balaban J connectivity index is 1.68. The van der Waals surface area contributed by atoms with E-state index in [2.05, 4.69) is 0 Å². The molecule has 5 atom stereocenters. The van der Waals surface area contributed by atoms with Gasteiger partial charge in [0.2, 0.25) is 6.29 Å². The van der Waals surface area contributed by atoms with Crippen LogP contribution in [0.25, 0.3) is 0 Å². The topological polar surface area (TPSA) is 123 Å². The Kier molecular flexibility index (Phi) is 4.24. The van der Waals surface area contributed by atoms with E-state index < -0.39 is 41.8 Å². The molecule has 146 valence electrons. The van der Waals surface area contributed by atoms with Gasteiger partial charge in [0.15, 0.2) is 5.60 Å². The average molecular weight is 386 g/mol. The van der Waals surface area contributed by atoms with E-state index in [1.807, 2.05) is 0 Å². The Labute approximate surface area is 160 Å². The second-order valence-electron chi connectivity index (χ2n) is 6.84. The van der Waals surface area contributed by atoms with Crippen LogP contribution < -0.4 is 0 Å². The Morgan fingerprint density at radius 2 is 2.00 bits per heavy atom. The van der Waals surface area contributed by atoms with Crippen molar-refractivity contribution >= 4 is 11.9 Å². The Morgan fingerprint density at radius 3 is 2.68 bits per heavy atom. The van der Waals surface area contributed by atoms with E-state index in [0.717, 1.165) is 6.26 Å². The van der Waals surface area contributed by atoms with Crippen molar-refractivity contribution in [1.29, 1.82) is 0 Å². The molecule has 2 heterocycles. The molecule has 28 heavy (non-hydrogen) atoms. The van der Waals surface area contributed by atoms with Crippen LogP contribution in [0.5, 0.6) is 5.75 Å². The number of benzene rings is 1. The maximum absolute atomic E-state index is 12.5. The van der Waals surface area contributed by atoms with Crippen LogP contribution in [0.3, 0.4) is 0 Å². The van der Waals surface area contributed by atoms with Crippen molar-refractivity contribution in [2.24, 2.45) is 11.8 Å². The first-order valence-electron chi connectivity index (χ1n) is 8.60. The molecule has 4 rings (SSSR count). The van der Waals surface area contributed by atoms with Gasteiger partial charge in [0.25, 0.3) is 0 Å². The molecule has 1 aromatic rings. The maximum atomic E-state index is 12.5. The summed E-state index contributed by atoms with van der Waals surface area (Å²) in [7, 11) is 1.24. The number of phenolic OH excluding ortho intramolecular Hbond substituents is 1. The molecule has 8 nitrogen and oxygen atoms in total. The van der Waals surface area contributed by atoms with Gasteiger partial charge in [-0.15, -0.1) is 0 Å². The zero-order valence-corrected chi connectivity index (χ0v) is 14.8. The first kappa shape index (κ1) is 18.3. The fraction of sp³-hybridized carbons (Fsp3) is 0.300. The Hall–Kier alpha value is -3.10. The van der Waals surface area contributed by atoms with Crippen LogP contribution in [-0.4, -0.2) is 46.3 Å². The van der Waals surface area contributed by atoms with Crippen LogP contribution in [0.4, 0.5) is 0 Å². The number of phenols is 1. The highest BCUT2D eigenvalue weighted by Crippen LogP contribution is 2.50. The summed E-state index contributed by atoms with van der Waals surface area (Å²) in [6.07, 6.45) is 3.21. The SMILES string of the molecule is COC(=O)C1=CO[C@@H](O)[C@H]2[C@@H]1C=CC21C=C([C@@H](O)c2ccc(O)cc2)C(=O)O1. The first-order chi connectivity index (χ1) is 13.4. The molecule has 1 aliphatic carbocycles. The lowest BCUT2D eigenvalue weighted by Crippen LogP contribution is -2.46. The van der Waals surface area contributed by atoms with E-state index in [1.165, 1.54) is 37.5 Å². The summed E-state index contributed by atoms with van der Waals surface area (Å²) in [5.41, 5.74) is -0.769. The van der Waals surface area contributed by atoms with Gasteiger partial charge in [0, 0.05) is 5.92 Å². The van der Waals surface area contributed by atoms with Crippen LogP contribution in [0.15, 0.2) is 59.9 Å². The maximum Gasteiger partial charge on any atom is 0.338 e. The average Bonchev–Trinajstić information content (AvgIpc) is 3.22. The Morgan fingerprint density at radius 1 is 1.29 bits per heavy atom. The predicted octanol–water partition coefficient (Wildman–Crippen LogP) is 0.855. The van der Waals surface area contributed by atoms with E-state index in [9.17, 15) is 24.9 Å². The molecule has 0 radical (unpaired) electrons. The summed E-state index contributed by atoms with van der Waals surface area (Å²) in [6, 6.07) is 5.77. The van der Waals surface area contributed by atoms with Gasteiger partial charge in [0.05, 0.1) is 30.4 Å². The third-order valence-corrected chi connectivity index (χ3v) is 5.28. The molecule has 2 aliphatic heterocycles. The monoisotopic (exact) mass is 386 g/mol. The highest BCUT2D eigenvalue weighted by Gasteiger charge is 2.58. The number of allylic oxidation sites excluding steroid dienone is 1. The van der Waals surface area contributed by atoms with Crippen molar-refractivity contribution in [3.8, 4) is 5.75 Å². The van der Waals surface area contributed by atoms with E-state index in [4.69, 9.17) is 14.2 Å². The van der Waals surface area contributed by atoms with Crippen molar-refractivity contribution < 1.29 is 39.1 Å². The molecule has 0 saturated carbocycles. The van der Waals surface area contributed by atoms with Crippen molar-refractivity contribution in [3.63, 3.8) is 0 Å². The van der Waals surface area contributed by atoms with Gasteiger partial charge in [-0.3, -0.25) is 0 Å². The summed E-state index contributed by atoms with van der Waals surface area (Å²) in [4.78, 5) is 24.5. The van der Waals surface area contributed by atoms with Gasteiger partial charge in [-0.1, -0.05) is 18.2 Å². The number of carbonyl (C=O) groups excluding carboxylic acids is 2. The minimum absolute atomic E-state index is 0.00244. The van der Waals surface area contributed by atoms with Gasteiger partial charge in [-0.25, -0.2) is 9.59 Å². The lowest BCUT2D eigenvalue weighted by molar-refractivity contribution is -0.172. The molecule has 0 saturated heterocycles. The molecule has 0 amide bonds. The van der Waals surface area contributed by atoms with Gasteiger partial charge >= 0.3 is 11.9 Å². The highest BCUT2D eigenvalue weighted by atomic mass is 16.6. The number of ether oxygens (including phenoxy) is 3. The fourth-order valence-corrected chi connectivity index (χ4v) is 3.90. The number of aliphatic hydroxyl groups is 2. The number of aliphatic hydroxyl groups excluding tert-OH is 2. The number of esters is 2. The van der Waals surface area contributed by atoms with Gasteiger partial charge in [0.1, 0.15) is 11.9 Å². The molecule has 0 bridgehead atoms. The standard InChI is InChI=1S/C20H18O8/c1-26-17(23)14-9-27-19(25)15-12(14)6-7-20(15)8-13(18(24)28-20)16(22)10-2-4-11(21)5-3-10/h2-9,12,15-16,19,21-22,25H,1H3/t12-,15-,16+,19-,20?/m1/s1. The summed E-state index contributed by atoms with van der Waals surface area (Å²) >= 11 is 0. The summed E-state index contributed by atoms with van der Waals surface area (Å²) in [5, 5.41) is 30.4.